The molecule has 0 unspecified atom stereocenters. The van der Waals surface area contributed by atoms with Crippen molar-refractivity contribution >= 4 is 5.91 Å². The fraction of sp³-hybridized carbons (Fsp3) is 0.381. The quantitative estimate of drug-likeness (QED) is 0.892. The van der Waals surface area contributed by atoms with E-state index in [9.17, 15) is 4.79 Å². The Hall–Kier alpha value is -2.29. The van der Waals surface area contributed by atoms with Crippen molar-refractivity contribution < 1.29 is 9.53 Å². The number of hydrogen-bond acceptors (Lipinski definition) is 2. The summed E-state index contributed by atoms with van der Waals surface area (Å²) < 4.78 is 5.79. The molecule has 0 radical (unpaired) electrons. The molecule has 0 saturated heterocycles. The van der Waals surface area contributed by atoms with Crippen LogP contribution in [-0.4, -0.2) is 12.5 Å². The minimum atomic E-state index is 0.0574. The molecule has 126 valence electrons. The molecule has 0 saturated carbocycles. The number of amides is 1. The molecule has 3 nitrogen and oxygen atoms in total. The van der Waals surface area contributed by atoms with E-state index in [0.29, 0.717) is 13.0 Å². The highest BCUT2D eigenvalue weighted by Gasteiger charge is 2.21. The van der Waals surface area contributed by atoms with Crippen molar-refractivity contribution in [1.82, 2.24) is 5.32 Å². The summed E-state index contributed by atoms with van der Waals surface area (Å²) in [5.74, 6) is 0.924. The second kappa shape index (κ2) is 7.52. The number of carbonyl (C=O) groups is 1. The first-order valence-electron chi connectivity index (χ1n) is 8.71. The van der Waals surface area contributed by atoms with Gasteiger partial charge in [-0.25, -0.2) is 0 Å². The van der Waals surface area contributed by atoms with Crippen molar-refractivity contribution in [2.24, 2.45) is 0 Å². The summed E-state index contributed by atoms with van der Waals surface area (Å²) in [7, 11) is 0. The Kier molecular flexibility index (Phi) is 5.19. The molecule has 0 aliphatic heterocycles. The standard InChI is InChI=1S/C21H25NO2/c1-15-10-11-16(2)20(14-15)24-13-12-21(23)22-19-9-5-7-17-6-3-4-8-18(17)19/h3-4,6,8,10-11,14,19H,5,7,9,12-13H2,1-2H3,(H,22,23)/t19-/m1/s1. The Labute approximate surface area is 144 Å². The maximum atomic E-state index is 12.3. The third kappa shape index (κ3) is 3.97. The van der Waals surface area contributed by atoms with Gasteiger partial charge in [-0.05, 0) is 61.4 Å². The molecule has 2 aromatic rings. The van der Waals surface area contributed by atoms with Crippen LogP contribution in [-0.2, 0) is 11.2 Å². The van der Waals surface area contributed by atoms with Gasteiger partial charge in [0.2, 0.25) is 5.91 Å². The maximum absolute atomic E-state index is 12.3. The van der Waals surface area contributed by atoms with Crippen molar-refractivity contribution in [3.05, 3.63) is 64.7 Å². The fourth-order valence-electron chi connectivity index (χ4n) is 3.29. The second-order valence-corrected chi connectivity index (χ2v) is 6.58. The van der Waals surface area contributed by atoms with E-state index in [0.717, 1.165) is 30.6 Å². The van der Waals surface area contributed by atoms with Crippen LogP contribution in [0.3, 0.4) is 0 Å². The van der Waals surface area contributed by atoms with Gasteiger partial charge in [0.25, 0.3) is 0 Å². The average molecular weight is 323 g/mol. The summed E-state index contributed by atoms with van der Waals surface area (Å²) in [6.45, 7) is 4.47. The predicted octanol–water partition coefficient (Wildman–Crippen LogP) is 4.27. The molecule has 1 N–H and O–H groups in total. The van der Waals surface area contributed by atoms with E-state index in [-0.39, 0.29) is 11.9 Å². The third-order valence-electron chi connectivity index (χ3n) is 4.63. The number of carbonyl (C=O) groups excluding carboxylic acids is 1. The molecule has 3 heteroatoms. The van der Waals surface area contributed by atoms with E-state index in [1.165, 1.54) is 16.7 Å². The molecule has 24 heavy (non-hydrogen) atoms. The molecule has 0 spiro atoms. The van der Waals surface area contributed by atoms with Crippen LogP contribution in [0.1, 0.15) is 47.6 Å². The van der Waals surface area contributed by atoms with Gasteiger partial charge < -0.3 is 10.1 Å². The second-order valence-electron chi connectivity index (χ2n) is 6.58. The normalized spacial score (nSPS) is 16.3. The van der Waals surface area contributed by atoms with E-state index in [1.807, 2.05) is 32.0 Å². The average Bonchev–Trinajstić information content (AvgIpc) is 2.58. The topological polar surface area (TPSA) is 38.3 Å². The van der Waals surface area contributed by atoms with Crippen molar-refractivity contribution in [2.75, 3.05) is 6.61 Å². The summed E-state index contributed by atoms with van der Waals surface area (Å²) in [6, 6.07) is 14.7. The number of hydrogen-bond donors (Lipinski definition) is 1. The highest BCUT2D eigenvalue weighted by Crippen LogP contribution is 2.29. The smallest absolute Gasteiger partial charge is 0.223 e. The lowest BCUT2D eigenvalue weighted by Crippen LogP contribution is -2.31. The zero-order valence-electron chi connectivity index (χ0n) is 14.5. The van der Waals surface area contributed by atoms with E-state index >= 15 is 0 Å². The van der Waals surface area contributed by atoms with Crippen LogP contribution in [0.4, 0.5) is 0 Å². The van der Waals surface area contributed by atoms with Crippen LogP contribution < -0.4 is 10.1 Å². The maximum Gasteiger partial charge on any atom is 0.223 e. The molecule has 0 fully saturated rings. The van der Waals surface area contributed by atoms with Gasteiger partial charge in [-0.15, -0.1) is 0 Å². The lowest BCUT2D eigenvalue weighted by atomic mass is 9.88. The fourth-order valence-corrected chi connectivity index (χ4v) is 3.29. The molecule has 1 aliphatic rings. The van der Waals surface area contributed by atoms with Crippen molar-refractivity contribution in [2.45, 2.75) is 45.6 Å². The van der Waals surface area contributed by atoms with Crippen LogP contribution in [0.25, 0.3) is 0 Å². The Morgan fingerprint density at radius 2 is 2.04 bits per heavy atom. The first-order chi connectivity index (χ1) is 11.6. The van der Waals surface area contributed by atoms with Crippen LogP contribution in [0.15, 0.2) is 42.5 Å². The zero-order valence-corrected chi connectivity index (χ0v) is 14.5. The van der Waals surface area contributed by atoms with Gasteiger partial charge in [0.1, 0.15) is 5.75 Å². The lowest BCUT2D eigenvalue weighted by Gasteiger charge is -2.26. The highest BCUT2D eigenvalue weighted by molar-refractivity contribution is 5.76. The van der Waals surface area contributed by atoms with Crippen LogP contribution >= 0.6 is 0 Å². The molecule has 0 aromatic heterocycles. The number of benzene rings is 2. The Morgan fingerprint density at radius 1 is 1.21 bits per heavy atom. The van der Waals surface area contributed by atoms with Crippen LogP contribution in [0.5, 0.6) is 5.75 Å². The predicted molar refractivity (Wildman–Crippen MR) is 96.3 cm³/mol. The van der Waals surface area contributed by atoms with Crippen LogP contribution in [0.2, 0.25) is 0 Å². The van der Waals surface area contributed by atoms with Crippen molar-refractivity contribution in [1.29, 1.82) is 0 Å². The van der Waals surface area contributed by atoms with Gasteiger partial charge >= 0.3 is 0 Å². The third-order valence-corrected chi connectivity index (χ3v) is 4.63. The van der Waals surface area contributed by atoms with Crippen LogP contribution in [0, 0.1) is 13.8 Å². The summed E-state index contributed by atoms with van der Waals surface area (Å²) in [4.78, 5) is 12.3. The number of rotatable bonds is 5. The zero-order chi connectivity index (χ0) is 16.9. The molecule has 1 aliphatic carbocycles. The molecule has 1 amide bonds. The molecule has 0 heterocycles. The number of aryl methyl sites for hydroxylation is 3. The minimum absolute atomic E-state index is 0.0574. The Balaban J connectivity index is 1.53. The van der Waals surface area contributed by atoms with Gasteiger partial charge in [-0.3, -0.25) is 4.79 Å². The number of ether oxygens (including phenoxy) is 1. The van der Waals surface area contributed by atoms with Gasteiger partial charge in [-0.1, -0.05) is 36.4 Å². The minimum Gasteiger partial charge on any atom is -0.493 e. The first-order valence-corrected chi connectivity index (χ1v) is 8.71. The summed E-state index contributed by atoms with van der Waals surface area (Å²) in [5.41, 5.74) is 4.90. The van der Waals surface area contributed by atoms with E-state index < -0.39 is 0 Å². The largest absolute Gasteiger partial charge is 0.493 e. The highest BCUT2D eigenvalue weighted by atomic mass is 16.5. The van der Waals surface area contributed by atoms with Crippen molar-refractivity contribution in [3.63, 3.8) is 0 Å². The molecule has 1 atom stereocenters. The molecule has 2 aromatic carbocycles. The van der Waals surface area contributed by atoms with E-state index in [1.54, 1.807) is 0 Å². The number of nitrogens with one attached hydrogen (secondary N) is 1. The van der Waals surface area contributed by atoms with Gasteiger partial charge in [0.15, 0.2) is 0 Å². The summed E-state index contributed by atoms with van der Waals surface area (Å²) in [6.07, 6.45) is 3.63. The van der Waals surface area contributed by atoms with Gasteiger partial charge in [-0.2, -0.15) is 0 Å². The summed E-state index contributed by atoms with van der Waals surface area (Å²) >= 11 is 0. The van der Waals surface area contributed by atoms with Gasteiger partial charge in [0, 0.05) is 0 Å². The monoisotopic (exact) mass is 323 g/mol. The SMILES string of the molecule is Cc1ccc(C)c(OCCC(=O)N[C@@H]2CCCc3ccccc32)c1. The molecule has 3 rings (SSSR count). The Morgan fingerprint density at radius 3 is 2.92 bits per heavy atom. The first kappa shape index (κ1) is 16.6. The molecular weight excluding hydrogens is 298 g/mol. The number of fused-ring (bicyclic) bond motifs is 1. The Bertz CT molecular complexity index is 724. The van der Waals surface area contributed by atoms with E-state index in [2.05, 4.69) is 29.6 Å². The molecular formula is C21H25NO2. The van der Waals surface area contributed by atoms with Crippen molar-refractivity contribution in [3.8, 4) is 5.75 Å². The molecule has 0 bridgehead atoms. The summed E-state index contributed by atoms with van der Waals surface area (Å²) in [5, 5.41) is 3.17. The van der Waals surface area contributed by atoms with Gasteiger partial charge in [0.05, 0.1) is 19.1 Å². The lowest BCUT2D eigenvalue weighted by molar-refractivity contribution is -0.122. The van der Waals surface area contributed by atoms with E-state index in [4.69, 9.17) is 4.74 Å².